The Morgan fingerprint density at radius 1 is 0.963 bits per heavy atom. The van der Waals surface area contributed by atoms with E-state index in [-0.39, 0.29) is 5.91 Å². The molecule has 0 spiro atoms. The molecule has 3 rings (SSSR count). The molecular formula is C20H20Cl2N2O3. The van der Waals surface area contributed by atoms with Crippen LogP contribution in [0.25, 0.3) is 0 Å². The Morgan fingerprint density at radius 3 is 2.19 bits per heavy atom. The molecule has 0 radical (unpaired) electrons. The first-order valence-corrected chi connectivity index (χ1v) is 9.37. The zero-order chi connectivity index (χ0) is 19.4. The summed E-state index contributed by atoms with van der Waals surface area (Å²) in [6.07, 6.45) is 0. The van der Waals surface area contributed by atoms with E-state index < -0.39 is 5.97 Å². The highest BCUT2D eigenvalue weighted by Gasteiger charge is 2.22. The maximum Gasteiger partial charge on any atom is 0.337 e. The molecule has 0 aliphatic carbocycles. The zero-order valence-electron chi connectivity index (χ0n) is 15.0. The number of nitrogens with zero attached hydrogens (tertiary/aromatic N) is 2. The number of halogens is 2. The summed E-state index contributed by atoms with van der Waals surface area (Å²) in [6.45, 7) is 3.55. The third kappa shape index (κ3) is 4.80. The van der Waals surface area contributed by atoms with Crippen LogP contribution in [-0.2, 0) is 11.3 Å². The summed E-state index contributed by atoms with van der Waals surface area (Å²) in [4.78, 5) is 28.2. The van der Waals surface area contributed by atoms with Gasteiger partial charge in [-0.3, -0.25) is 9.69 Å². The van der Waals surface area contributed by atoms with Gasteiger partial charge in [-0.05, 0) is 42.0 Å². The predicted molar refractivity (Wildman–Crippen MR) is 105 cm³/mol. The number of amides is 1. The molecule has 7 heteroatoms. The van der Waals surface area contributed by atoms with Gasteiger partial charge in [0.15, 0.2) is 0 Å². The fraction of sp³-hybridized carbons (Fsp3) is 0.300. The van der Waals surface area contributed by atoms with Crippen LogP contribution in [-0.4, -0.2) is 55.0 Å². The molecule has 1 aliphatic rings. The number of piperazine rings is 1. The summed E-state index contributed by atoms with van der Waals surface area (Å²) in [6, 6.07) is 12.1. The highest BCUT2D eigenvalue weighted by Crippen LogP contribution is 2.23. The first-order valence-electron chi connectivity index (χ1n) is 8.62. The fourth-order valence-corrected chi connectivity index (χ4v) is 3.52. The van der Waals surface area contributed by atoms with Crippen molar-refractivity contribution >= 4 is 35.1 Å². The molecular weight excluding hydrogens is 387 g/mol. The summed E-state index contributed by atoms with van der Waals surface area (Å²) in [5, 5.41) is 1.28. The van der Waals surface area contributed by atoms with Crippen molar-refractivity contribution in [3.05, 3.63) is 69.2 Å². The van der Waals surface area contributed by atoms with E-state index in [0.717, 1.165) is 25.2 Å². The number of esters is 1. The van der Waals surface area contributed by atoms with Gasteiger partial charge in [-0.25, -0.2) is 4.79 Å². The van der Waals surface area contributed by atoms with Crippen molar-refractivity contribution in [3.8, 4) is 0 Å². The minimum Gasteiger partial charge on any atom is -0.465 e. The summed E-state index contributed by atoms with van der Waals surface area (Å²) in [5.74, 6) is -0.445. The second kappa shape index (κ2) is 8.74. The Balaban J connectivity index is 1.56. The van der Waals surface area contributed by atoms with Crippen molar-refractivity contribution < 1.29 is 14.3 Å². The van der Waals surface area contributed by atoms with E-state index in [9.17, 15) is 9.59 Å². The molecule has 5 nitrogen and oxygen atoms in total. The number of hydrogen-bond donors (Lipinski definition) is 0. The van der Waals surface area contributed by atoms with Crippen molar-refractivity contribution in [2.24, 2.45) is 0 Å². The van der Waals surface area contributed by atoms with E-state index in [0.29, 0.717) is 34.3 Å². The molecule has 1 aliphatic heterocycles. The first-order chi connectivity index (χ1) is 13.0. The van der Waals surface area contributed by atoms with E-state index >= 15 is 0 Å². The van der Waals surface area contributed by atoms with Crippen LogP contribution in [0.15, 0.2) is 42.5 Å². The molecule has 0 N–H and O–H groups in total. The Bertz CT molecular complexity index is 832. The quantitative estimate of drug-likeness (QED) is 0.725. The number of benzene rings is 2. The number of carbonyl (C=O) groups is 2. The van der Waals surface area contributed by atoms with Crippen LogP contribution >= 0.6 is 23.2 Å². The average molecular weight is 407 g/mol. The number of rotatable bonds is 4. The highest BCUT2D eigenvalue weighted by atomic mass is 35.5. The lowest BCUT2D eigenvalue weighted by molar-refractivity contribution is 0.0596. The SMILES string of the molecule is COC(=O)c1ccc(C(=O)N2CCN(Cc3ccc(Cl)cc3Cl)CC2)cc1. The van der Waals surface area contributed by atoms with Crippen molar-refractivity contribution in [1.29, 1.82) is 0 Å². The van der Waals surface area contributed by atoms with Crippen molar-refractivity contribution in [2.75, 3.05) is 33.3 Å². The molecule has 0 saturated carbocycles. The summed E-state index contributed by atoms with van der Waals surface area (Å²) >= 11 is 12.2. The molecule has 0 unspecified atom stereocenters. The lowest BCUT2D eigenvalue weighted by atomic mass is 10.1. The highest BCUT2D eigenvalue weighted by molar-refractivity contribution is 6.35. The Labute approximate surface area is 168 Å². The molecule has 0 atom stereocenters. The van der Waals surface area contributed by atoms with Gasteiger partial charge < -0.3 is 9.64 Å². The largest absolute Gasteiger partial charge is 0.465 e. The third-order valence-corrected chi connectivity index (χ3v) is 5.21. The van der Waals surface area contributed by atoms with Crippen LogP contribution in [0.4, 0.5) is 0 Å². The van der Waals surface area contributed by atoms with Crippen LogP contribution in [0.2, 0.25) is 10.0 Å². The molecule has 0 aromatic heterocycles. The summed E-state index contributed by atoms with van der Waals surface area (Å²) < 4.78 is 4.67. The van der Waals surface area contributed by atoms with Gasteiger partial charge in [0.05, 0.1) is 12.7 Å². The van der Waals surface area contributed by atoms with E-state index in [1.807, 2.05) is 17.0 Å². The Hall–Kier alpha value is -2.08. The van der Waals surface area contributed by atoms with E-state index in [2.05, 4.69) is 9.64 Å². The molecule has 0 bridgehead atoms. The van der Waals surface area contributed by atoms with Crippen LogP contribution in [0, 0.1) is 0 Å². The minimum atomic E-state index is -0.413. The van der Waals surface area contributed by atoms with Gasteiger partial charge >= 0.3 is 5.97 Å². The van der Waals surface area contributed by atoms with Gasteiger partial charge in [-0.1, -0.05) is 29.3 Å². The van der Waals surface area contributed by atoms with Crippen LogP contribution < -0.4 is 0 Å². The normalized spacial score (nSPS) is 14.9. The Kier molecular flexibility index (Phi) is 6.37. The lowest BCUT2D eigenvalue weighted by Crippen LogP contribution is -2.48. The second-order valence-electron chi connectivity index (χ2n) is 6.37. The monoisotopic (exact) mass is 406 g/mol. The van der Waals surface area contributed by atoms with Crippen molar-refractivity contribution in [3.63, 3.8) is 0 Å². The average Bonchev–Trinajstić information content (AvgIpc) is 2.69. The number of ether oxygens (including phenoxy) is 1. The van der Waals surface area contributed by atoms with Gasteiger partial charge in [0, 0.05) is 48.3 Å². The van der Waals surface area contributed by atoms with Crippen LogP contribution in [0.3, 0.4) is 0 Å². The molecule has 2 aromatic rings. The number of carbonyl (C=O) groups excluding carboxylic acids is 2. The van der Waals surface area contributed by atoms with E-state index in [1.165, 1.54) is 7.11 Å². The lowest BCUT2D eigenvalue weighted by Gasteiger charge is -2.35. The smallest absolute Gasteiger partial charge is 0.337 e. The molecule has 1 amide bonds. The molecule has 1 fully saturated rings. The van der Waals surface area contributed by atoms with Gasteiger partial charge in [0.25, 0.3) is 5.91 Å². The van der Waals surface area contributed by atoms with Gasteiger partial charge in [0.2, 0.25) is 0 Å². The Morgan fingerprint density at radius 2 is 1.59 bits per heavy atom. The number of hydrogen-bond acceptors (Lipinski definition) is 4. The molecule has 27 heavy (non-hydrogen) atoms. The van der Waals surface area contributed by atoms with Crippen molar-refractivity contribution in [2.45, 2.75) is 6.54 Å². The first kappa shape index (κ1) is 19.7. The molecule has 2 aromatic carbocycles. The topological polar surface area (TPSA) is 49.9 Å². The van der Waals surface area contributed by atoms with E-state index in [1.54, 1.807) is 30.3 Å². The van der Waals surface area contributed by atoms with E-state index in [4.69, 9.17) is 23.2 Å². The molecule has 1 saturated heterocycles. The van der Waals surface area contributed by atoms with Gasteiger partial charge in [-0.15, -0.1) is 0 Å². The standard InChI is InChI=1S/C20H20Cl2N2O3/c1-27-20(26)15-4-2-14(3-5-15)19(25)24-10-8-23(9-11-24)13-16-6-7-17(21)12-18(16)22/h2-7,12H,8-11,13H2,1H3. The predicted octanol–water partition coefficient (Wildman–Crippen LogP) is 3.74. The maximum atomic E-state index is 12.7. The zero-order valence-corrected chi connectivity index (χ0v) is 16.5. The van der Waals surface area contributed by atoms with Gasteiger partial charge in [-0.2, -0.15) is 0 Å². The van der Waals surface area contributed by atoms with Crippen LogP contribution in [0.5, 0.6) is 0 Å². The molecule has 142 valence electrons. The second-order valence-corrected chi connectivity index (χ2v) is 7.22. The minimum absolute atomic E-state index is 0.0319. The fourth-order valence-electron chi connectivity index (χ4n) is 3.05. The van der Waals surface area contributed by atoms with Crippen molar-refractivity contribution in [1.82, 2.24) is 9.80 Å². The van der Waals surface area contributed by atoms with Gasteiger partial charge in [0.1, 0.15) is 0 Å². The number of methoxy groups -OCH3 is 1. The summed E-state index contributed by atoms with van der Waals surface area (Å²) in [7, 11) is 1.33. The maximum absolute atomic E-state index is 12.7. The molecule has 1 heterocycles. The summed E-state index contributed by atoms with van der Waals surface area (Å²) in [5.41, 5.74) is 2.02. The third-order valence-electron chi connectivity index (χ3n) is 4.62. The van der Waals surface area contributed by atoms with Crippen LogP contribution in [0.1, 0.15) is 26.3 Å².